The Morgan fingerprint density at radius 3 is 2.63 bits per heavy atom. The molecule has 0 fully saturated rings. The van der Waals surface area contributed by atoms with E-state index in [1.807, 2.05) is 23.9 Å². The summed E-state index contributed by atoms with van der Waals surface area (Å²) in [5.74, 6) is 1.90. The second-order valence-electron chi connectivity index (χ2n) is 8.13. The van der Waals surface area contributed by atoms with Crippen molar-refractivity contribution in [1.82, 2.24) is 0 Å². The minimum Gasteiger partial charge on any atom is -0.377 e. The van der Waals surface area contributed by atoms with Crippen LogP contribution in [0.5, 0.6) is 0 Å². The van der Waals surface area contributed by atoms with Crippen LogP contribution in [-0.4, -0.2) is 0 Å². The highest BCUT2D eigenvalue weighted by Crippen LogP contribution is 2.51. The average molecular weight is 452 g/mol. The quantitative estimate of drug-likeness (QED) is 0.315. The number of rotatable bonds is 4. The molecule has 1 heterocycles. The van der Waals surface area contributed by atoms with E-state index in [4.69, 9.17) is 23.2 Å². The summed E-state index contributed by atoms with van der Waals surface area (Å²) in [4.78, 5) is 1.31. The standard InChI is InChI=1S/C26H23Cl2NS/c1-16-12-17(15-30-19-6-3-2-4-7-19)13-22-20-8-5-9-21(20)26(29-25(16)22)18-10-11-23(27)24(28)14-18/h2-8,10-14,20-21,26,29H,9,15H2,1H3/t20-,21+,26+/m0/s1. The van der Waals surface area contributed by atoms with Crippen LogP contribution in [0.25, 0.3) is 0 Å². The maximum absolute atomic E-state index is 6.34. The molecule has 3 aromatic carbocycles. The molecule has 0 bridgehead atoms. The molecule has 2 aliphatic rings. The first-order valence-electron chi connectivity index (χ1n) is 10.3. The zero-order valence-electron chi connectivity index (χ0n) is 16.7. The molecule has 0 saturated carbocycles. The summed E-state index contributed by atoms with van der Waals surface area (Å²) in [7, 11) is 0. The number of aryl methyl sites for hydroxylation is 1. The van der Waals surface area contributed by atoms with Gasteiger partial charge in [-0.1, -0.05) is 71.8 Å². The molecular weight excluding hydrogens is 429 g/mol. The normalized spacial score (nSPS) is 21.8. The number of anilines is 1. The first kappa shape index (κ1) is 20.1. The van der Waals surface area contributed by atoms with E-state index in [9.17, 15) is 0 Å². The van der Waals surface area contributed by atoms with E-state index in [0.717, 1.165) is 12.2 Å². The Labute approximate surface area is 192 Å². The van der Waals surface area contributed by atoms with Crippen molar-refractivity contribution in [3.05, 3.63) is 105 Å². The fourth-order valence-electron chi connectivity index (χ4n) is 4.77. The summed E-state index contributed by atoms with van der Waals surface area (Å²) in [6.45, 7) is 2.22. The molecule has 3 aromatic rings. The van der Waals surface area contributed by atoms with Crippen LogP contribution in [0.3, 0.4) is 0 Å². The molecule has 5 rings (SSSR count). The molecule has 30 heavy (non-hydrogen) atoms. The number of benzene rings is 3. The lowest BCUT2D eigenvalue weighted by molar-refractivity contribution is 0.425. The van der Waals surface area contributed by atoms with Crippen LogP contribution in [0.2, 0.25) is 10.0 Å². The molecule has 0 aromatic heterocycles. The van der Waals surface area contributed by atoms with E-state index in [0.29, 0.717) is 21.9 Å². The molecule has 0 amide bonds. The number of thioether (sulfide) groups is 1. The van der Waals surface area contributed by atoms with Crippen molar-refractivity contribution >= 4 is 40.7 Å². The zero-order chi connectivity index (χ0) is 20.7. The van der Waals surface area contributed by atoms with Crippen LogP contribution in [-0.2, 0) is 5.75 Å². The largest absolute Gasteiger partial charge is 0.377 e. The fraction of sp³-hybridized carbons (Fsp3) is 0.231. The maximum atomic E-state index is 6.34. The van der Waals surface area contributed by atoms with Gasteiger partial charge in [-0.25, -0.2) is 0 Å². The number of hydrogen-bond donors (Lipinski definition) is 1. The van der Waals surface area contributed by atoms with Gasteiger partial charge in [0.05, 0.1) is 16.1 Å². The molecule has 3 atom stereocenters. The van der Waals surface area contributed by atoms with Crippen LogP contribution in [0.4, 0.5) is 5.69 Å². The Morgan fingerprint density at radius 2 is 1.83 bits per heavy atom. The van der Waals surface area contributed by atoms with Gasteiger partial charge in [0.1, 0.15) is 0 Å². The Bertz CT molecular complexity index is 1110. The summed E-state index contributed by atoms with van der Waals surface area (Å²) in [6.07, 6.45) is 5.80. The van der Waals surface area contributed by atoms with Crippen LogP contribution < -0.4 is 5.32 Å². The summed E-state index contributed by atoms with van der Waals surface area (Å²) >= 11 is 14.4. The van der Waals surface area contributed by atoms with Gasteiger partial charge in [-0.2, -0.15) is 0 Å². The minimum absolute atomic E-state index is 0.232. The first-order valence-corrected chi connectivity index (χ1v) is 12.0. The second-order valence-corrected chi connectivity index (χ2v) is 9.99. The number of allylic oxidation sites excluding steroid dienone is 2. The molecule has 152 valence electrons. The smallest absolute Gasteiger partial charge is 0.0595 e. The third kappa shape index (κ3) is 3.77. The molecule has 1 aliphatic carbocycles. The minimum atomic E-state index is 0.232. The van der Waals surface area contributed by atoms with Crippen molar-refractivity contribution in [3.63, 3.8) is 0 Å². The molecule has 4 heteroatoms. The SMILES string of the molecule is Cc1cc(CSc2ccccc2)cc2c1N[C@H](c1ccc(Cl)c(Cl)c1)[C@@H]1CC=C[C@H]21. The van der Waals surface area contributed by atoms with Crippen molar-refractivity contribution in [2.75, 3.05) is 5.32 Å². The lowest BCUT2D eigenvalue weighted by Gasteiger charge is -2.38. The Hall–Kier alpha value is -1.87. The van der Waals surface area contributed by atoms with E-state index in [-0.39, 0.29) is 6.04 Å². The Balaban J connectivity index is 1.47. The Morgan fingerprint density at radius 1 is 1.00 bits per heavy atom. The van der Waals surface area contributed by atoms with Crippen LogP contribution >= 0.6 is 35.0 Å². The Kier molecular flexibility index (Phi) is 5.58. The summed E-state index contributed by atoms with van der Waals surface area (Å²) in [6, 6.07) is 21.6. The number of nitrogens with one attached hydrogen (secondary N) is 1. The molecule has 0 spiro atoms. The van der Waals surface area contributed by atoms with Crippen LogP contribution in [0.15, 0.2) is 77.7 Å². The summed E-state index contributed by atoms with van der Waals surface area (Å²) in [5.41, 5.74) is 6.59. The first-order chi connectivity index (χ1) is 14.6. The topological polar surface area (TPSA) is 12.0 Å². The van der Waals surface area contributed by atoms with Crippen molar-refractivity contribution in [3.8, 4) is 0 Å². The van der Waals surface area contributed by atoms with E-state index in [1.54, 1.807) is 0 Å². The van der Waals surface area contributed by atoms with Crippen molar-refractivity contribution in [1.29, 1.82) is 0 Å². The van der Waals surface area contributed by atoms with Gasteiger partial charge >= 0.3 is 0 Å². The van der Waals surface area contributed by atoms with Crippen LogP contribution in [0, 0.1) is 12.8 Å². The number of halogens is 2. The summed E-state index contributed by atoms with van der Waals surface area (Å²) in [5, 5.41) is 5.08. The van der Waals surface area contributed by atoms with E-state index < -0.39 is 0 Å². The predicted molar refractivity (Wildman–Crippen MR) is 130 cm³/mol. The van der Waals surface area contributed by atoms with E-state index in [1.165, 1.54) is 32.8 Å². The van der Waals surface area contributed by atoms with Gasteiger partial charge in [0, 0.05) is 22.3 Å². The lowest BCUT2D eigenvalue weighted by atomic mass is 9.76. The van der Waals surface area contributed by atoms with Gasteiger partial charge in [-0.3, -0.25) is 0 Å². The molecule has 1 nitrogen and oxygen atoms in total. The van der Waals surface area contributed by atoms with Gasteiger partial charge in [-0.15, -0.1) is 11.8 Å². The fourth-order valence-corrected chi connectivity index (χ4v) is 5.92. The molecule has 1 aliphatic heterocycles. The highest BCUT2D eigenvalue weighted by Gasteiger charge is 2.38. The van der Waals surface area contributed by atoms with Crippen molar-refractivity contribution in [2.45, 2.75) is 36.0 Å². The highest BCUT2D eigenvalue weighted by atomic mass is 35.5. The van der Waals surface area contributed by atoms with Gasteiger partial charge in [0.2, 0.25) is 0 Å². The third-order valence-electron chi connectivity index (χ3n) is 6.18. The lowest BCUT2D eigenvalue weighted by Crippen LogP contribution is -2.29. The molecule has 1 N–H and O–H groups in total. The van der Waals surface area contributed by atoms with E-state index >= 15 is 0 Å². The van der Waals surface area contributed by atoms with Crippen molar-refractivity contribution < 1.29 is 0 Å². The molecule has 0 unspecified atom stereocenters. The van der Waals surface area contributed by atoms with Gasteiger partial charge in [0.25, 0.3) is 0 Å². The van der Waals surface area contributed by atoms with Gasteiger partial charge < -0.3 is 5.32 Å². The van der Waals surface area contributed by atoms with Crippen molar-refractivity contribution in [2.24, 2.45) is 5.92 Å². The average Bonchev–Trinajstić information content (AvgIpc) is 3.25. The molecule has 0 saturated heterocycles. The monoisotopic (exact) mass is 451 g/mol. The van der Waals surface area contributed by atoms with Crippen LogP contribution in [0.1, 0.15) is 40.6 Å². The second kappa shape index (κ2) is 8.34. The molecular formula is C26H23Cl2NS. The van der Waals surface area contributed by atoms with Gasteiger partial charge in [-0.05, 0) is 65.8 Å². The predicted octanol–water partition coefficient (Wildman–Crippen LogP) is 8.42. The third-order valence-corrected chi connectivity index (χ3v) is 8.00. The number of fused-ring (bicyclic) bond motifs is 3. The molecule has 0 radical (unpaired) electrons. The van der Waals surface area contributed by atoms with E-state index in [2.05, 4.69) is 72.9 Å². The number of hydrogen-bond acceptors (Lipinski definition) is 2. The highest BCUT2D eigenvalue weighted by molar-refractivity contribution is 7.98. The van der Waals surface area contributed by atoms with Gasteiger partial charge in [0.15, 0.2) is 0 Å². The maximum Gasteiger partial charge on any atom is 0.0595 e. The summed E-state index contributed by atoms with van der Waals surface area (Å²) < 4.78 is 0. The zero-order valence-corrected chi connectivity index (χ0v) is 19.1.